The van der Waals surface area contributed by atoms with Gasteiger partial charge in [0.15, 0.2) is 0 Å². The van der Waals surface area contributed by atoms with Crippen LogP contribution in [0.4, 0.5) is 0 Å². The number of carbonyl (C=O) groups excluding carboxylic acids is 1. The third-order valence-electron chi connectivity index (χ3n) is 2.13. The Labute approximate surface area is 111 Å². The van der Waals surface area contributed by atoms with Gasteiger partial charge >= 0.3 is 5.97 Å². The monoisotopic (exact) mass is 250 g/mol. The van der Waals surface area contributed by atoms with Crippen LogP contribution in [-0.2, 0) is 9.59 Å². The van der Waals surface area contributed by atoms with Gasteiger partial charge in [-0.15, -0.1) is 0 Å². The van der Waals surface area contributed by atoms with Crippen molar-refractivity contribution in [1.82, 2.24) is 5.32 Å². The van der Waals surface area contributed by atoms with Crippen LogP contribution in [0.5, 0.6) is 0 Å². The summed E-state index contributed by atoms with van der Waals surface area (Å²) in [6.07, 6.45) is 0.153. The number of unbranched alkanes of at least 4 members (excludes halogenated alkanes) is 4. The van der Waals surface area contributed by atoms with Crippen LogP contribution < -0.4 is 11.1 Å². The van der Waals surface area contributed by atoms with Crippen molar-refractivity contribution in [3.05, 3.63) is 0 Å². The number of nitrogens with two attached hydrogens (primary N) is 1. The van der Waals surface area contributed by atoms with Gasteiger partial charge in [0.05, 0.1) is 0 Å². The summed E-state index contributed by atoms with van der Waals surface area (Å²) < 4.78 is 44.1. The van der Waals surface area contributed by atoms with E-state index in [1.54, 1.807) is 0 Å². The molecule has 1 amide bonds. The van der Waals surface area contributed by atoms with Crippen LogP contribution in [0.15, 0.2) is 0 Å². The summed E-state index contributed by atoms with van der Waals surface area (Å²) in [5.74, 6) is -1.57. The summed E-state index contributed by atoms with van der Waals surface area (Å²) >= 11 is 0. The van der Waals surface area contributed by atoms with Gasteiger partial charge in [-0.3, -0.25) is 9.59 Å². The molecule has 0 aromatic heterocycles. The molecular weight excluding hydrogens is 220 g/mol. The predicted octanol–water partition coefficient (Wildman–Crippen LogP) is 1.27. The average Bonchev–Trinajstić information content (AvgIpc) is 2.35. The molecule has 0 saturated carbocycles. The van der Waals surface area contributed by atoms with Crippen molar-refractivity contribution in [3.8, 4) is 0 Å². The molecule has 0 aliphatic carbocycles. The molecule has 100 valence electrons. The Kier molecular flexibility index (Phi) is 5.41. The third-order valence-corrected chi connectivity index (χ3v) is 2.13. The van der Waals surface area contributed by atoms with Gasteiger partial charge in [-0.05, 0) is 25.7 Å². The van der Waals surface area contributed by atoms with Crippen LogP contribution in [-0.4, -0.2) is 30.0 Å². The summed E-state index contributed by atoms with van der Waals surface area (Å²) in [6, 6.07) is 0. The summed E-state index contributed by atoms with van der Waals surface area (Å²) in [4.78, 5) is 22.0. The molecule has 5 nitrogen and oxygen atoms in total. The van der Waals surface area contributed by atoms with Crippen molar-refractivity contribution in [1.29, 1.82) is 0 Å². The molecule has 5 heteroatoms. The quantitative estimate of drug-likeness (QED) is 0.481. The normalized spacial score (nSPS) is 17.9. The molecule has 0 aromatic carbocycles. The minimum absolute atomic E-state index is 0.0257. The Bertz CT molecular complexity index is 412. The van der Waals surface area contributed by atoms with E-state index < -0.39 is 31.2 Å². The second kappa shape index (κ2) is 11.4. The molecule has 0 aliphatic rings. The fourth-order valence-corrected chi connectivity index (χ4v) is 1.29. The summed E-state index contributed by atoms with van der Waals surface area (Å²) in [6.45, 7) is -5.89. The van der Waals surface area contributed by atoms with Crippen LogP contribution in [0.25, 0.3) is 0 Å². The van der Waals surface area contributed by atoms with E-state index in [0.717, 1.165) is 12.8 Å². The molecule has 0 spiro atoms. The molecule has 0 heterocycles. The highest BCUT2D eigenvalue weighted by molar-refractivity contribution is 5.75. The number of nitrogens with one attached hydrogen (secondary N) is 1. The van der Waals surface area contributed by atoms with E-state index >= 15 is 0 Å². The van der Waals surface area contributed by atoms with Crippen LogP contribution >= 0.6 is 0 Å². The molecule has 0 bridgehead atoms. The van der Waals surface area contributed by atoms with Crippen molar-refractivity contribution in [3.63, 3.8) is 0 Å². The van der Waals surface area contributed by atoms with Gasteiger partial charge in [-0.1, -0.05) is 19.3 Å². The standard InChI is InChI=1S/C12H24N2O3/c13-9-6-10-14-11(15)7-4-2-1-3-5-8-12(16)17/h1-10,13H2,(H,14,15)(H,16,17)/i6D2,9D2,10D2. The maximum absolute atomic E-state index is 11.7. The minimum Gasteiger partial charge on any atom is -0.481 e. The number of carbonyl (C=O) groups is 2. The van der Waals surface area contributed by atoms with E-state index in [1.807, 2.05) is 5.32 Å². The van der Waals surface area contributed by atoms with E-state index in [1.165, 1.54) is 0 Å². The van der Waals surface area contributed by atoms with Gasteiger partial charge in [0.2, 0.25) is 5.91 Å². The first-order valence-electron chi connectivity index (χ1n) is 8.63. The van der Waals surface area contributed by atoms with Crippen molar-refractivity contribution >= 4 is 11.9 Å². The van der Waals surface area contributed by atoms with Crippen LogP contribution in [0.1, 0.15) is 59.5 Å². The smallest absolute Gasteiger partial charge is 0.303 e. The Morgan fingerprint density at radius 3 is 2.29 bits per heavy atom. The Balaban J connectivity index is 4.13. The summed E-state index contributed by atoms with van der Waals surface area (Å²) in [5, 5.41) is 10.3. The molecule has 0 unspecified atom stereocenters. The van der Waals surface area contributed by atoms with Gasteiger partial charge < -0.3 is 16.2 Å². The summed E-state index contributed by atoms with van der Waals surface area (Å²) in [7, 11) is 0. The van der Waals surface area contributed by atoms with Gasteiger partial charge in [0.1, 0.15) is 0 Å². The maximum Gasteiger partial charge on any atom is 0.303 e. The lowest BCUT2D eigenvalue weighted by Crippen LogP contribution is -2.25. The molecule has 0 radical (unpaired) electrons. The molecule has 0 aliphatic heterocycles. The first kappa shape index (κ1) is 8.08. The Morgan fingerprint density at radius 1 is 1.12 bits per heavy atom. The SMILES string of the molecule is [2H]C([2H])(N)C([2H])([2H])C([2H])([2H])NC(=O)CCCCCCCC(=O)O. The zero-order valence-electron chi connectivity index (χ0n) is 15.8. The predicted molar refractivity (Wildman–Crippen MR) is 66.6 cm³/mol. The van der Waals surface area contributed by atoms with Gasteiger partial charge in [0.25, 0.3) is 0 Å². The van der Waals surface area contributed by atoms with E-state index in [2.05, 4.69) is 0 Å². The third kappa shape index (κ3) is 12.8. The largest absolute Gasteiger partial charge is 0.481 e. The number of hydrogen-bond acceptors (Lipinski definition) is 3. The molecular formula is C12H24N2O3. The second-order valence-electron chi connectivity index (χ2n) is 3.60. The molecule has 17 heavy (non-hydrogen) atoms. The van der Waals surface area contributed by atoms with E-state index in [-0.39, 0.29) is 12.8 Å². The highest BCUT2D eigenvalue weighted by Crippen LogP contribution is 2.07. The topological polar surface area (TPSA) is 92.4 Å². The van der Waals surface area contributed by atoms with Crippen molar-refractivity contribution in [2.75, 3.05) is 13.0 Å². The number of rotatable bonds is 11. The van der Waals surface area contributed by atoms with Gasteiger partial charge in [0, 0.05) is 27.6 Å². The van der Waals surface area contributed by atoms with Crippen molar-refractivity contribution in [2.24, 2.45) is 5.73 Å². The highest BCUT2D eigenvalue weighted by atomic mass is 16.4. The van der Waals surface area contributed by atoms with E-state index in [4.69, 9.17) is 19.1 Å². The summed E-state index contributed by atoms with van der Waals surface area (Å²) in [5.41, 5.74) is 4.99. The fraction of sp³-hybridized carbons (Fsp3) is 0.833. The van der Waals surface area contributed by atoms with E-state index in [0.29, 0.717) is 19.3 Å². The number of aliphatic carboxylic acids is 1. The number of carboxylic acid groups (broad SMARTS) is 1. The lowest BCUT2D eigenvalue weighted by Gasteiger charge is -2.04. The number of hydrogen-bond donors (Lipinski definition) is 3. The first-order chi connectivity index (χ1) is 10.3. The Hall–Kier alpha value is -1.10. The lowest BCUT2D eigenvalue weighted by atomic mass is 10.1. The fourth-order valence-electron chi connectivity index (χ4n) is 1.29. The van der Waals surface area contributed by atoms with Crippen molar-refractivity contribution in [2.45, 2.75) is 51.3 Å². The van der Waals surface area contributed by atoms with Gasteiger partial charge in [-0.25, -0.2) is 0 Å². The van der Waals surface area contributed by atoms with Crippen LogP contribution in [0.2, 0.25) is 0 Å². The zero-order valence-corrected chi connectivity index (χ0v) is 9.79. The van der Waals surface area contributed by atoms with Gasteiger partial charge in [-0.2, -0.15) is 0 Å². The minimum atomic E-state index is -3.09. The molecule has 0 saturated heterocycles. The number of carboxylic acids is 1. The molecule has 0 rings (SSSR count). The number of amides is 1. The van der Waals surface area contributed by atoms with Crippen LogP contribution in [0, 0.1) is 0 Å². The Morgan fingerprint density at radius 2 is 1.71 bits per heavy atom. The van der Waals surface area contributed by atoms with Crippen molar-refractivity contribution < 1.29 is 22.9 Å². The lowest BCUT2D eigenvalue weighted by molar-refractivity contribution is -0.137. The first-order valence-corrected chi connectivity index (χ1v) is 5.63. The average molecular weight is 250 g/mol. The highest BCUT2D eigenvalue weighted by Gasteiger charge is 2.00. The van der Waals surface area contributed by atoms with E-state index in [9.17, 15) is 9.59 Å². The molecule has 0 fully saturated rings. The second-order valence-corrected chi connectivity index (χ2v) is 3.60. The maximum atomic E-state index is 11.7. The molecule has 0 atom stereocenters. The molecule has 4 N–H and O–H groups in total. The molecule has 0 aromatic rings. The zero-order chi connectivity index (χ0) is 18.3. The van der Waals surface area contributed by atoms with Crippen LogP contribution in [0.3, 0.4) is 0 Å².